The van der Waals surface area contributed by atoms with Gasteiger partial charge in [-0.3, -0.25) is 4.90 Å². The van der Waals surface area contributed by atoms with Crippen LogP contribution in [0.5, 0.6) is 0 Å². The van der Waals surface area contributed by atoms with Crippen molar-refractivity contribution >= 4 is 28.3 Å². The third-order valence-corrected chi connectivity index (χ3v) is 2.72. The summed E-state index contributed by atoms with van der Waals surface area (Å²) < 4.78 is 5.97. The molecule has 1 aliphatic rings. The quantitative estimate of drug-likeness (QED) is 0.783. The van der Waals surface area contributed by atoms with E-state index in [-0.39, 0.29) is 12.4 Å². The predicted octanol–water partition coefficient (Wildman–Crippen LogP) is 2.63. The normalized spacial score (nSPS) is 23.1. The van der Waals surface area contributed by atoms with Gasteiger partial charge in [-0.05, 0) is 42.4 Å². The Balaban J connectivity index is 0.000000845. The summed E-state index contributed by atoms with van der Waals surface area (Å²) in [5, 5.41) is 3.81. The van der Waals surface area contributed by atoms with Crippen LogP contribution in [0.15, 0.2) is 15.2 Å². The third-order valence-electron chi connectivity index (χ3n) is 2.35. The molecular weight excluding hydrogens is 255 g/mol. The van der Waals surface area contributed by atoms with Crippen LogP contribution in [0.3, 0.4) is 0 Å². The van der Waals surface area contributed by atoms with Gasteiger partial charge < -0.3 is 4.52 Å². The maximum atomic E-state index is 5.18. The summed E-state index contributed by atoms with van der Waals surface area (Å²) in [6, 6.07) is 2.38. The predicted molar refractivity (Wildman–Crippen MR) is 56.1 cm³/mol. The molecule has 1 aromatic heterocycles. The second-order valence-corrected chi connectivity index (χ2v) is 4.00. The van der Waals surface area contributed by atoms with E-state index < -0.39 is 0 Å². The van der Waals surface area contributed by atoms with Gasteiger partial charge in [-0.1, -0.05) is 5.16 Å². The van der Waals surface area contributed by atoms with Crippen molar-refractivity contribution in [2.45, 2.75) is 18.9 Å². The zero-order chi connectivity index (χ0) is 8.55. The lowest BCUT2D eigenvalue weighted by Crippen LogP contribution is -2.16. The minimum absolute atomic E-state index is 0. The van der Waals surface area contributed by atoms with Crippen molar-refractivity contribution in [2.24, 2.45) is 0 Å². The van der Waals surface area contributed by atoms with Gasteiger partial charge >= 0.3 is 0 Å². The van der Waals surface area contributed by atoms with Crippen molar-refractivity contribution in [3.63, 3.8) is 0 Å². The molecule has 5 heteroatoms. The first-order chi connectivity index (χ1) is 5.77. The molecule has 0 N–H and O–H groups in total. The largest absolute Gasteiger partial charge is 0.359 e. The van der Waals surface area contributed by atoms with Gasteiger partial charge in [-0.25, -0.2) is 0 Å². The summed E-state index contributed by atoms with van der Waals surface area (Å²) in [6.07, 6.45) is 2.43. The average molecular weight is 268 g/mol. The topological polar surface area (TPSA) is 29.3 Å². The Morgan fingerprint density at radius 3 is 2.92 bits per heavy atom. The highest BCUT2D eigenvalue weighted by molar-refractivity contribution is 9.10. The zero-order valence-corrected chi connectivity index (χ0v) is 9.77. The number of likely N-dealkylation sites (tertiary alicyclic amines) is 1. The van der Waals surface area contributed by atoms with Gasteiger partial charge in [0.25, 0.3) is 0 Å². The molecule has 1 fully saturated rings. The van der Waals surface area contributed by atoms with Gasteiger partial charge in [-0.2, -0.15) is 0 Å². The molecule has 13 heavy (non-hydrogen) atoms. The summed E-state index contributed by atoms with van der Waals surface area (Å²) in [5.41, 5.74) is 0. The van der Waals surface area contributed by atoms with Gasteiger partial charge in [-0.15, -0.1) is 12.4 Å². The molecule has 2 heterocycles. The molecule has 1 saturated heterocycles. The molecule has 0 aromatic carbocycles. The summed E-state index contributed by atoms with van der Waals surface area (Å²) in [5.74, 6) is 0.974. The molecule has 0 bridgehead atoms. The number of rotatable bonds is 1. The van der Waals surface area contributed by atoms with Crippen LogP contribution < -0.4 is 0 Å². The van der Waals surface area contributed by atoms with Crippen LogP contribution in [0, 0.1) is 0 Å². The molecule has 2 rings (SSSR count). The lowest BCUT2D eigenvalue weighted by Gasteiger charge is -2.15. The third kappa shape index (κ3) is 2.24. The minimum Gasteiger partial charge on any atom is -0.359 e. The number of hydrogen-bond acceptors (Lipinski definition) is 3. The van der Waals surface area contributed by atoms with Crippen molar-refractivity contribution in [3.05, 3.63) is 16.4 Å². The Kier molecular flexibility index (Phi) is 3.76. The number of nitrogens with zero attached hydrogens (tertiary/aromatic N) is 2. The Morgan fingerprint density at radius 1 is 1.69 bits per heavy atom. The van der Waals surface area contributed by atoms with E-state index in [0.717, 1.165) is 16.9 Å². The Hall–Kier alpha value is -0.0600. The standard InChI is InChI=1S/C8H11BrN2O.ClH/c1-11-4-2-3-6(11)7-5-8(9)10-12-7;/h5-6H,2-4H2,1H3;1H/t6-;/m0./s1. The SMILES string of the molecule is CN1CCC[C@H]1c1cc(Br)no1.Cl. The molecule has 0 aliphatic carbocycles. The van der Waals surface area contributed by atoms with Crippen LogP contribution in [-0.4, -0.2) is 23.6 Å². The number of aromatic nitrogens is 1. The first-order valence-corrected chi connectivity index (χ1v) is 4.89. The minimum atomic E-state index is 0. The summed E-state index contributed by atoms with van der Waals surface area (Å²) in [7, 11) is 2.12. The molecule has 1 aliphatic heterocycles. The van der Waals surface area contributed by atoms with E-state index in [9.17, 15) is 0 Å². The molecule has 0 spiro atoms. The number of halogens is 2. The molecule has 1 aromatic rings. The maximum absolute atomic E-state index is 5.18. The van der Waals surface area contributed by atoms with Crippen LogP contribution in [0.4, 0.5) is 0 Å². The van der Waals surface area contributed by atoms with E-state index in [0.29, 0.717) is 6.04 Å². The molecule has 0 unspecified atom stereocenters. The monoisotopic (exact) mass is 266 g/mol. The highest BCUT2D eigenvalue weighted by Gasteiger charge is 2.25. The molecule has 0 amide bonds. The molecule has 0 saturated carbocycles. The smallest absolute Gasteiger partial charge is 0.155 e. The highest BCUT2D eigenvalue weighted by Crippen LogP contribution is 2.31. The van der Waals surface area contributed by atoms with E-state index in [1.165, 1.54) is 12.8 Å². The van der Waals surface area contributed by atoms with Gasteiger partial charge in [0.05, 0.1) is 6.04 Å². The Morgan fingerprint density at radius 2 is 2.46 bits per heavy atom. The molecule has 0 radical (unpaired) electrons. The second kappa shape index (κ2) is 4.44. The van der Waals surface area contributed by atoms with Gasteiger partial charge in [0, 0.05) is 6.07 Å². The fraction of sp³-hybridized carbons (Fsp3) is 0.625. The van der Waals surface area contributed by atoms with Crippen molar-refractivity contribution in [1.29, 1.82) is 0 Å². The lowest BCUT2D eigenvalue weighted by atomic mass is 10.2. The fourth-order valence-electron chi connectivity index (χ4n) is 1.69. The van der Waals surface area contributed by atoms with Crippen molar-refractivity contribution < 1.29 is 4.52 Å². The first kappa shape index (κ1) is 11.0. The Bertz CT molecular complexity index is 279. The van der Waals surface area contributed by atoms with Crippen LogP contribution in [0.2, 0.25) is 0 Å². The lowest BCUT2D eigenvalue weighted by molar-refractivity contribution is 0.251. The van der Waals surface area contributed by atoms with E-state index in [1.807, 2.05) is 6.07 Å². The molecule has 1 atom stereocenters. The van der Waals surface area contributed by atoms with E-state index in [2.05, 4.69) is 33.0 Å². The average Bonchev–Trinajstić information content (AvgIpc) is 2.58. The van der Waals surface area contributed by atoms with Gasteiger partial charge in [0.15, 0.2) is 5.76 Å². The zero-order valence-electron chi connectivity index (χ0n) is 7.36. The van der Waals surface area contributed by atoms with Crippen molar-refractivity contribution in [2.75, 3.05) is 13.6 Å². The van der Waals surface area contributed by atoms with Gasteiger partial charge in [0.2, 0.25) is 0 Å². The van der Waals surface area contributed by atoms with Gasteiger partial charge in [0.1, 0.15) is 4.60 Å². The van der Waals surface area contributed by atoms with Crippen LogP contribution in [0.1, 0.15) is 24.6 Å². The molecular formula is C8H12BrClN2O. The van der Waals surface area contributed by atoms with Crippen LogP contribution in [0.25, 0.3) is 0 Å². The second-order valence-electron chi connectivity index (χ2n) is 3.19. The summed E-state index contributed by atoms with van der Waals surface area (Å²) in [4.78, 5) is 2.30. The van der Waals surface area contributed by atoms with Crippen LogP contribution in [-0.2, 0) is 0 Å². The Labute approximate surface area is 92.0 Å². The summed E-state index contributed by atoms with van der Waals surface area (Å²) >= 11 is 3.28. The summed E-state index contributed by atoms with van der Waals surface area (Å²) in [6.45, 7) is 1.16. The fourth-order valence-corrected chi connectivity index (χ4v) is 1.99. The van der Waals surface area contributed by atoms with E-state index >= 15 is 0 Å². The van der Waals surface area contributed by atoms with E-state index in [4.69, 9.17) is 4.52 Å². The van der Waals surface area contributed by atoms with Crippen molar-refractivity contribution in [3.8, 4) is 0 Å². The maximum Gasteiger partial charge on any atom is 0.155 e. The van der Waals surface area contributed by atoms with E-state index in [1.54, 1.807) is 0 Å². The first-order valence-electron chi connectivity index (χ1n) is 4.10. The number of hydrogen-bond donors (Lipinski definition) is 0. The highest BCUT2D eigenvalue weighted by atomic mass is 79.9. The molecule has 74 valence electrons. The molecule has 3 nitrogen and oxygen atoms in total. The van der Waals surface area contributed by atoms with Crippen molar-refractivity contribution in [1.82, 2.24) is 10.1 Å². The van der Waals surface area contributed by atoms with Crippen LogP contribution >= 0.6 is 28.3 Å².